The van der Waals surface area contributed by atoms with E-state index in [0.29, 0.717) is 24.3 Å². The first-order valence-corrected chi connectivity index (χ1v) is 15.5. The van der Waals surface area contributed by atoms with Crippen molar-refractivity contribution in [3.05, 3.63) is 81.9 Å². The zero-order valence-corrected chi connectivity index (χ0v) is 23.8. The van der Waals surface area contributed by atoms with Crippen LogP contribution in [0.4, 0.5) is 11.4 Å². The average molecular weight is 576 g/mol. The van der Waals surface area contributed by atoms with Crippen LogP contribution in [0.5, 0.6) is 0 Å². The molecule has 3 aromatic carbocycles. The molecule has 0 bridgehead atoms. The van der Waals surface area contributed by atoms with Crippen molar-refractivity contribution in [1.82, 2.24) is 4.31 Å². The summed E-state index contributed by atoms with van der Waals surface area (Å²) in [7, 11) is -7.73. The Morgan fingerprint density at radius 1 is 0.842 bits per heavy atom. The number of anilines is 2. The molecule has 1 amide bonds. The quantitative estimate of drug-likeness (QED) is 0.387. The zero-order chi connectivity index (χ0) is 27.7. The second-order valence-corrected chi connectivity index (χ2v) is 13.5. The van der Waals surface area contributed by atoms with Crippen LogP contribution >= 0.6 is 11.6 Å². The molecule has 0 radical (unpaired) electrons. The van der Waals surface area contributed by atoms with E-state index in [-0.39, 0.29) is 26.1 Å². The van der Waals surface area contributed by atoms with Crippen LogP contribution in [0, 0.1) is 20.8 Å². The summed E-state index contributed by atoms with van der Waals surface area (Å²) in [6.07, 6.45) is 2.56. The summed E-state index contributed by atoms with van der Waals surface area (Å²) in [5.41, 5.74) is 2.95. The van der Waals surface area contributed by atoms with Crippen LogP contribution in [0.2, 0.25) is 5.02 Å². The standard InChI is InChI=1S/C27H30ClN3O5S2/c1-18-7-12-25(20(3)15-18)30-37(33,34)26-16-21(9-8-19(26)2)29-27(32)23-17-22(10-11-24(23)28)38(35,36)31-13-5-4-6-14-31/h7-12,15-17,30H,4-6,13-14H2,1-3H3,(H,29,32). The number of hydrogen-bond donors (Lipinski definition) is 2. The topological polar surface area (TPSA) is 113 Å². The predicted octanol–water partition coefficient (Wildman–Crippen LogP) is 5.49. The third-order valence-electron chi connectivity index (χ3n) is 6.50. The maximum absolute atomic E-state index is 13.2. The van der Waals surface area contributed by atoms with Crippen molar-refractivity contribution in [2.24, 2.45) is 0 Å². The molecular weight excluding hydrogens is 546 g/mol. The lowest BCUT2D eigenvalue weighted by molar-refractivity contribution is 0.102. The number of nitrogens with one attached hydrogen (secondary N) is 2. The molecule has 38 heavy (non-hydrogen) atoms. The second kappa shape index (κ2) is 11.1. The molecule has 4 rings (SSSR count). The molecule has 0 aromatic heterocycles. The molecule has 0 saturated carbocycles. The Kier molecular flexibility index (Phi) is 8.17. The highest BCUT2D eigenvalue weighted by Gasteiger charge is 2.27. The molecule has 8 nitrogen and oxygen atoms in total. The van der Waals surface area contributed by atoms with Crippen LogP contribution in [0.1, 0.15) is 46.3 Å². The van der Waals surface area contributed by atoms with Crippen molar-refractivity contribution >= 4 is 48.9 Å². The molecule has 0 atom stereocenters. The Labute approximate surface area is 229 Å². The van der Waals surface area contributed by atoms with Gasteiger partial charge in [-0.1, -0.05) is 41.8 Å². The molecule has 1 aliphatic rings. The summed E-state index contributed by atoms with van der Waals surface area (Å²) in [6, 6.07) is 14.0. The number of halogens is 1. The fourth-order valence-electron chi connectivity index (χ4n) is 4.39. The van der Waals surface area contributed by atoms with Gasteiger partial charge in [-0.2, -0.15) is 4.31 Å². The highest BCUT2D eigenvalue weighted by molar-refractivity contribution is 7.92. The van der Waals surface area contributed by atoms with Crippen LogP contribution in [0.15, 0.2) is 64.4 Å². The van der Waals surface area contributed by atoms with Crippen molar-refractivity contribution in [3.8, 4) is 0 Å². The molecule has 1 fully saturated rings. The van der Waals surface area contributed by atoms with Crippen molar-refractivity contribution in [1.29, 1.82) is 0 Å². The lowest BCUT2D eigenvalue weighted by Gasteiger charge is -2.26. The maximum atomic E-state index is 13.2. The molecule has 202 valence electrons. The first-order chi connectivity index (χ1) is 17.9. The summed E-state index contributed by atoms with van der Waals surface area (Å²) < 4.78 is 56.6. The summed E-state index contributed by atoms with van der Waals surface area (Å²) in [5, 5.41) is 2.74. The number of carbonyl (C=O) groups excluding carboxylic acids is 1. The smallest absolute Gasteiger partial charge is 0.262 e. The monoisotopic (exact) mass is 575 g/mol. The first kappa shape index (κ1) is 28.1. The van der Waals surface area contributed by atoms with Gasteiger partial charge in [0, 0.05) is 18.8 Å². The van der Waals surface area contributed by atoms with Gasteiger partial charge in [-0.15, -0.1) is 0 Å². The molecule has 1 heterocycles. The Hall–Kier alpha value is -2.92. The van der Waals surface area contributed by atoms with Gasteiger partial charge in [0.05, 0.1) is 26.1 Å². The van der Waals surface area contributed by atoms with Crippen molar-refractivity contribution in [2.45, 2.75) is 49.8 Å². The lowest BCUT2D eigenvalue weighted by atomic mass is 10.1. The van der Waals surface area contributed by atoms with Gasteiger partial charge in [-0.25, -0.2) is 16.8 Å². The molecular formula is C27H30ClN3O5S2. The van der Waals surface area contributed by atoms with E-state index in [1.54, 1.807) is 25.1 Å². The normalized spacial score (nSPS) is 14.7. The van der Waals surface area contributed by atoms with E-state index < -0.39 is 26.0 Å². The SMILES string of the molecule is Cc1ccc(NS(=O)(=O)c2cc(NC(=O)c3cc(S(=O)(=O)N4CCCCC4)ccc3Cl)ccc2C)c(C)c1. The van der Waals surface area contributed by atoms with Gasteiger partial charge in [0.15, 0.2) is 0 Å². The van der Waals surface area contributed by atoms with Crippen LogP contribution < -0.4 is 10.0 Å². The number of aryl methyl sites for hydroxylation is 3. The molecule has 0 aliphatic carbocycles. The number of rotatable bonds is 7. The van der Waals surface area contributed by atoms with E-state index in [1.807, 2.05) is 26.0 Å². The predicted molar refractivity (Wildman–Crippen MR) is 150 cm³/mol. The van der Waals surface area contributed by atoms with Crippen LogP contribution in [-0.4, -0.2) is 40.1 Å². The molecule has 1 saturated heterocycles. The average Bonchev–Trinajstić information content (AvgIpc) is 2.87. The van der Waals surface area contributed by atoms with Crippen molar-refractivity contribution in [2.75, 3.05) is 23.1 Å². The molecule has 1 aliphatic heterocycles. The first-order valence-electron chi connectivity index (χ1n) is 12.2. The Morgan fingerprint density at radius 3 is 2.24 bits per heavy atom. The van der Waals surface area contributed by atoms with Crippen molar-refractivity contribution < 1.29 is 21.6 Å². The highest BCUT2D eigenvalue weighted by atomic mass is 35.5. The number of amides is 1. The van der Waals surface area contributed by atoms with Crippen LogP contribution in [-0.2, 0) is 20.0 Å². The largest absolute Gasteiger partial charge is 0.322 e. The molecule has 3 aromatic rings. The maximum Gasteiger partial charge on any atom is 0.262 e. The number of carbonyl (C=O) groups is 1. The fraction of sp³-hybridized carbons (Fsp3) is 0.296. The third kappa shape index (κ3) is 6.04. The Balaban J connectivity index is 1.60. The number of hydrogen-bond acceptors (Lipinski definition) is 5. The van der Waals surface area contributed by atoms with Gasteiger partial charge in [0.1, 0.15) is 0 Å². The number of benzene rings is 3. The van der Waals surface area contributed by atoms with E-state index >= 15 is 0 Å². The minimum atomic E-state index is -3.96. The van der Waals surface area contributed by atoms with E-state index in [2.05, 4.69) is 10.0 Å². The van der Waals surface area contributed by atoms with Gasteiger partial charge >= 0.3 is 0 Å². The number of nitrogens with zero attached hydrogens (tertiary/aromatic N) is 1. The van der Waals surface area contributed by atoms with E-state index in [4.69, 9.17) is 11.6 Å². The van der Waals surface area contributed by atoms with Crippen molar-refractivity contribution in [3.63, 3.8) is 0 Å². The lowest BCUT2D eigenvalue weighted by Crippen LogP contribution is -2.35. The second-order valence-electron chi connectivity index (χ2n) is 9.46. The van der Waals surface area contributed by atoms with Crippen LogP contribution in [0.25, 0.3) is 0 Å². The molecule has 2 N–H and O–H groups in total. The van der Waals surface area contributed by atoms with Crippen LogP contribution in [0.3, 0.4) is 0 Å². The Bertz CT molecular complexity index is 1600. The minimum Gasteiger partial charge on any atom is -0.322 e. The Morgan fingerprint density at radius 2 is 1.55 bits per heavy atom. The summed E-state index contributed by atoms with van der Waals surface area (Å²) in [6.45, 7) is 6.27. The number of piperidine rings is 1. The number of sulfonamides is 2. The minimum absolute atomic E-state index is 0.00259. The van der Waals surface area contributed by atoms with Gasteiger partial charge in [0.2, 0.25) is 10.0 Å². The van der Waals surface area contributed by atoms with Gasteiger partial charge in [0.25, 0.3) is 15.9 Å². The van der Waals surface area contributed by atoms with E-state index in [9.17, 15) is 21.6 Å². The summed E-state index contributed by atoms with van der Waals surface area (Å²) >= 11 is 6.26. The fourth-order valence-corrected chi connectivity index (χ4v) is 7.54. The third-order valence-corrected chi connectivity index (χ3v) is 10.2. The van der Waals surface area contributed by atoms with Gasteiger partial charge < -0.3 is 5.32 Å². The highest BCUT2D eigenvalue weighted by Crippen LogP contribution is 2.28. The van der Waals surface area contributed by atoms with E-state index in [1.165, 1.54) is 28.6 Å². The van der Waals surface area contributed by atoms with Gasteiger partial charge in [-0.05, 0) is 81.1 Å². The summed E-state index contributed by atoms with van der Waals surface area (Å²) in [5.74, 6) is -0.653. The summed E-state index contributed by atoms with van der Waals surface area (Å²) in [4.78, 5) is 13.1. The van der Waals surface area contributed by atoms with Gasteiger partial charge in [-0.3, -0.25) is 9.52 Å². The molecule has 11 heteroatoms. The van der Waals surface area contributed by atoms with E-state index in [0.717, 1.165) is 30.4 Å². The zero-order valence-electron chi connectivity index (χ0n) is 21.4. The molecule has 0 spiro atoms. The molecule has 0 unspecified atom stereocenters.